The Bertz CT molecular complexity index is 215. The molecule has 1 nitrogen and oxygen atoms in total. The molecule has 0 heterocycles. The Morgan fingerprint density at radius 2 is 2.14 bits per heavy atom. The van der Waals surface area contributed by atoms with Crippen LogP contribution in [0.3, 0.4) is 0 Å². The molecular formula is C13H23N. The predicted octanol–water partition coefficient (Wildman–Crippen LogP) is 3.44. The molecule has 1 heteroatoms. The summed E-state index contributed by atoms with van der Waals surface area (Å²) < 4.78 is 0. The van der Waals surface area contributed by atoms with Crippen LogP contribution >= 0.6 is 0 Å². The van der Waals surface area contributed by atoms with Crippen LogP contribution in [0.4, 0.5) is 0 Å². The lowest BCUT2D eigenvalue weighted by molar-refractivity contribution is 0.467. The molecule has 0 aromatic rings. The molecule has 0 bridgehead atoms. The van der Waals surface area contributed by atoms with Crippen molar-refractivity contribution in [1.82, 2.24) is 4.90 Å². The van der Waals surface area contributed by atoms with Crippen molar-refractivity contribution in [3.63, 3.8) is 0 Å². The van der Waals surface area contributed by atoms with E-state index in [4.69, 9.17) is 0 Å². The highest BCUT2D eigenvalue weighted by Crippen LogP contribution is 2.46. The van der Waals surface area contributed by atoms with E-state index in [1.165, 1.54) is 31.4 Å². The van der Waals surface area contributed by atoms with Crippen LogP contribution in [0.2, 0.25) is 0 Å². The number of nitrogens with zero attached hydrogens (tertiary/aromatic N) is 1. The van der Waals surface area contributed by atoms with Gasteiger partial charge in [-0.25, -0.2) is 0 Å². The average molecular weight is 193 g/mol. The highest BCUT2D eigenvalue weighted by Gasteiger charge is 2.38. The normalized spacial score (nSPS) is 25.4. The van der Waals surface area contributed by atoms with Crippen LogP contribution in [0, 0.1) is 11.8 Å². The SMILES string of the molecule is C=C(C1CC1CC/C=C\CC)N(C)C. The minimum Gasteiger partial charge on any atom is -0.381 e. The Balaban J connectivity index is 2.14. The van der Waals surface area contributed by atoms with Crippen molar-refractivity contribution in [3.8, 4) is 0 Å². The van der Waals surface area contributed by atoms with Gasteiger partial charge in [0.2, 0.25) is 0 Å². The fourth-order valence-electron chi connectivity index (χ4n) is 1.90. The van der Waals surface area contributed by atoms with Crippen molar-refractivity contribution < 1.29 is 0 Å². The molecule has 0 amide bonds. The molecule has 0 aromatic carbocycles. The van der Waals surface area contributed by atoms with Crippen LogP contribution in [0.5, 0.6) is 0 Å². The first-order valence-electron chi connectivity index (χ1n) is 5.68. The fourth-order valence-corrected chi connectivity index (χ4v) is 1.90. The molecule has 0 spiro atoms. The number of rotatable bonds is 6. The molecule has 1 aliphatic rings. The fraction of sp³-hybridized carbons (Fsp3) is 0.692. The van der Waals surface area contributed by atoms with Gasteiger partial charge in [-0.1, -0.05) is 25.7 Å². The zero-order chi connectivity index (χ0) is 10.6. The van der Waals surface area contributed by atoms with Crippen LogP contribution in [0.25, 0.3) is 0 Å². The molecule has 1 aliphatic carbocycles. The molecule has 1 fully saturated rings. The third kappa shape index (κ3) is 3.21. The quantitative estimate of drug-likeness (QED) is 0.584. The van der Waals surface area contributed by atoms with Crippen LogP contribution in [0.15, 0.2) is 24.4 Å². The molecule has 0 aromatic heterocycles. The minimum absolute atomic E-state index is 0.778. The summed E-state index contributed by atoms with van der Waals surface area (Å²) in [4.78, 5) is 2.16. The summed E-state index contributed by atoms with van der Waals surface area (Å²) in [5.74, 6) is 1.69. The van der Waals surface area contributed by atoms with Crippen molar-refractivity contribution in [1.29, 1.82) is 0 Å². The Morgan fingerprint density at radius 1 is 1.43 bits per heavy atom. The van der Waals surface area contributed by atoms with Crippen molar-refractivity contribution >= 4 is 0 Å². The molecule has 0 saturated heterocycles. The van der Waals surface area contributed by atoms with Gasteiger partial charge in [-0.3, -0.25) is 0 Å². The van der Waals surface area contributed by atoms with Crippen LogP contribution in [-0.4, -0.2) is 19.0 Å². The molecule has 0 radical (unpaired) electrons. The van der Waals surface area contributed by atoms with Gasteiger partial charge < -0.3 is 4.90 Å². The van der Waals surface area contributed by atoms with E-state index in [-0.39, 0.29) is 0 Å². The van der Waals surface area contributed by atoms with Crippen molar-refractivity contribution in [3.05, 3.63) is 24.4 Å². The third-order valence-electron chi connectivity index (χ3n) is 3.03. The highest BCUT2D eigenvalue weighted by molar-refractivity contribution is 5.10. The molecule has 14 heavy (non-hydrogen) atoms. The molecule has 0 aliphatic heterocycles. The predicted molar refractivity (Wildman–Crippen MR) is 63.1 cm³/mol. The van der Waals surface area contributed by atoms with Gasteiger partial charge in [0.1, 0.15) is 0 Å². The lowest BCUT2D eigenvalue weighted by Gasteiger charge is -2.15. The molecule has 2 unspecified atom stereocenters. The topological polar surface area (TPSA) is 3.24 Å². The van der Waals surface area contributed by atoms with Gasteiger partial charge in [0, 0.05) is 25.7 Å². The first kappa shape index (κ1) is 11.4. The Morgan fingerprint density at radius 3 is 2.71 bits per heavy atom. The standard InChI is InChI=1S/C13H23N/c1-5-6-7-8-9-12-10-13(12)11(2)14(3)4/h6-7,12-13H,2,5,8-10H2,1,3-4H3/b7-6-. The van der Waals surface area contributed by atoms with E-state index in [0.717, 1.165) is 11.8 Å². The largest absolute Gasteiger partial charge is 0.381 e. The zero-order valence-corrected chi connectivity index (χ0v) is 9.79. The van der Waals surface area contributed by atoms with Gasteiger partial charge in [0.15, 0.2) is 0 Å². The van der Waals surface area contributed by atoms with Crippen molar-refractivity contribution in [2.45, 2.75) is 32.6 Å². The summed E-state index contributed by atoms with van der Waals surface area (Å²) in [5, 5.41) is 0. The van der Waals surface area contributed by atoms with E-state index in [1.54, 1.807) is 0 Å². The van der Waals surface area contributed by atoms with E-state index in [0.29, 0.717) is 0 Å². The van der Waals surface area contributed by atoms with E-state index >= 15 is 0 Å². The number of hydrogen-bond acceptors (Lipinski definition) is 1. The van der Waals surface area contributed by atoms with E-state index in [1.807, 2.05) is 0 Å². The molecule has 0 N–H and O–H groups in total. The number of allylic oxidation sites excluding steroid dienone is 3. The van der Waals surface area contributed by atoms with E-state index in [2.05, 4.69) is 44.6 Å². The summed E-state index contributed by atoms with van der Waals surface area (Å²) in [6.45, 7) is 6.30. The van der Waals surface area contributed by atoms with E-state index in [9.17, 15) is 0 Å². The van der Waals surface area contributed by atoms with E-state index < -0.39 is 0 Å². The maximum absolute atomic E-state index is 4.12. The third-order valence-corrected chi connectivity index (χ3v) is 3.03. The summed E-state index contributed by atoms with van der Waals surface area (Å²) in [6, 6.07) is 0. The van der Waals surface area contributed by atoms with Crippen LogP contribution in [-0.2, 0) is 0 Å². The summed E-state index contributed by atoms with van der Waals surface area (Å²) in [7, 11) is 4.18. The monoisotopic (exact) mass is 193 g/mol. The Labute approximate surface area is 88.5 Å². The van der Waals surface area contributed by atoms with Crippen LogP contribution < -0.4 is 0 Å². The summed E-state index contributed by atoms with van der Waals surface area (Å²) in [5.41, 5.74) is 1.31. The second-order valence-corrected chi connectivity index (χ2v) is 4.45. The Kier molecular flexibility index (Phi) is 4.24. The Hall–Kier alpha value is -0.720. The molecule has 1 saturated carbocycles. The van der Waals surface area contributed by atoms with Gasteiger partial charge in [0.25, 0.3) is 0 Å². The van der Waals surface area contributed by atoms with Gasteiger partial charge >= 0.3 is 0 Å². The van der Waals surface area contributed by atoms with Gasteiger partial charge in [-0.05, 0) is 31.6 Å². The van der Waals surface area contributed by atoms with Gasteiger partial charge in [-0.2, -0.15) is 0 Å². The zero-order valence-electron chi connectivity index (χ0n) is 9.79. The maximum Gasteiger partial charge on any atom is 0.00889 e. The first-order chi connectivity index (χ1) is 6.66. The molecular weight excluding hydrogens is 170 g/mol. The average Bonchev–Trinajstić information content (AvgIpc) is 2.90. The number of hydrogen-bond donors (Lipinski definition) is 0. The van der Waals surface area contributed by atoms with Gasteiger partial charge in [-0.15, -0.1) is 0 Å². The van der Waals surface area contributed by atoms with Gasteiger partial charge in [0.05, 0.1) is 0 Å². The lowest BCUT2D eigenvalue weighted by Crippen LogP contribution is -2.12. The van der Waals surface area contributed by atoms with Crippen molar-refractivity contribution in [2.24, 2.45) is 11.8 Å². The highest BCUT2D eigenvalue weighted by atomic mass is 15.1. The lowest BCUT2D eigenvalue weighted by atomic mass is 10.1. The maximum atomic E-state index is 4.12. The second-order valence-electron chi connectivity index (χ2n) is 4.45. The first-order valence-corrected chi connectivity index (χ1v) is 5.68. The summed E-state index contributed by atoms with van der Waals surface area (Å²) >= 11 is 0. The summed E-state index contributed by atoms with van der Waals surface area (Å²) in [6.07, 6.45) is 9.69. The molecule has 2 atom stereocenters. The second kappa shape index (κ2) is 5.23. The molecule has 80 valence electrons. The smallest absolute Gasteiger partial charge is 0.00889 e. The minimum atomic E-state index is 0.778. The molecule has 1 rings (SSSR count). The van der Waals surface area contributed by atoms with Crippen LogP contribution in [0.1, 0.15) is 32.6 Å². The van der Waals surface area contributed by atoms with Crippen molar-refractivity contribution in [2.75, 3.05) is 14.1 Å².